The second kappa shape index (κ2) is 14.0. The van der Waals surface area contributed by atoms with Crippen LogP contribution >= 0.6 is 0 Å². The highest BCUT2D eigenvalue weighted by atomic mass is 15.2. The quantitative estimate of drug-likeness (QED) is 0.170. The molecule has 0 aliphatic carbocycles. The molecule has 0 unspecified atom stereocenters. The molecule has 0 spiro atoms. The number of para-hydroxylation sites is 3. The molecule has 272 valence electrons. The summed E-state index contributed by atoms with van der Waals surface area (Å²) in [7, 11) is 0. The summed E-state index contributed by atoms with van der Waals surface area (Å²) in [4.78, 5) is 17.1. The molecule has 0 saturated carbocycles. The maximum atomic E-state index is 4.93. The van der Waals surface area contributed by atoms with E-state index in [1.807, 2.05) is 60.7 Å². The Bertz CT molecular complexity index is 3080. The van der Waals surface area contributed by atoms with E-state index in [4.69, 9.17) is 15.0 Å². The molecule has 0 saturated heterocycles. The Balaban J connectivity index is 0.995. The van der Waals surface area contributed by atoms with Gasteiger partial charge >= 0.3 is 0 Å². The molecule has 0 atom stereocenters. The molecule has 10 aromatic rings. The number of anilines is 3. The molecule has 0 N–H and O–H groups in total. The zero-order chi connectivity index (χ0) is 38.4. The molecule has 8 aromatic carbocycles. The van der Waals surface area contributed by atoms with Crippen molar-refractivity contribution in [2.24, 2.45) is 0 Å². The highest BCUT2D eigenvalue weighted by Gasteiger charge is 2.24. The van der Waals surface area contributed by atoms with Crippen LogP contribution in [0.25, 0.3) is 84.9 Å². The second-order valence-corrected chi connectivity index (χ2v) is 14.5. The van der Waals surface area contributed by atoms with Crippen molar-refractivity contribution < 1.29 is 0 Å². The molecule has 0 radical (unpaired) electrons. The van der Waals surface area contributed by atoms with Crippen LogP contribution in [-0.2, 0) is 0 Å². The average Bonchev–Trinajstić information content (AvgIpc) is 3.54. The van der Waals surface area contributed by atoms with Gasteiger partial charge in [0, 0.05) is 44.4 Å². The van der Waals surface area contributed by atoms with E-state index >= 15 is 0 Å². The van der Waals surface area contributed by atoms with Crippen molar-refractivity contribution in [3.8, 4) is 51.0 Å². The van der Waals surface area contributed by atoms with Crippen LogP contribution in [0.5, 0.6) is 0 Å². The normalized spacial score (nSPS) is 12.0. The monoisotopic (exact) mass is 741 g/mol. The van der Waals surface area contributed by atoms with Gasteiger partial charge in [-0.3, -0.25) is 0 Å². The Morgan fingerprint density at radius 1 is 0.328 bits per heavy atom. The second-order valence-electron chi connectivity index (χ2n) is 14.5. The number of aromatic nitrogens is 4. The molecular formula is C53H35N5. The van der Waals surface area contributed by atoms with E-state index in [0.717, 1.165) is 50.6 Å². The van der Waals surface area contributed by atoms with Gasteiger partial charge in [-0.15, -0.1) is 0 Å². The summed E-state index contributed by atoms with van der Waals surface area (Å²) < 4.78 is 2.43. The Kier molecular flexibility index (Phi) is 8.07. The van der Waals surface area contributed by atoms with Crippen LogP contribution in [0.4, 0.5) is 17.1 Å². The van der Waals surface area contributed by atoms with Gasteiger partial charge in [0.05, 0.1) is 22.4 Å². The fourth-order valence-electron chi connectivity index (χ4n) is 8.24. The molecule has 2 aromatic heterocycles. The van der Waals surface area contributed by atoms with Crippen LogP contribution in [0.15, 0.2) is 200 Å². The Morgan fingerprint density at radius 2 is 0.845 bits per heavy atom. The van der Waals surface area contributed by atoms with E-state index in [0.29, 0.717) is 17.5 Å². The third-order valence-corrected chi connectivity index (χ3v) is 11.0. The lowest BCUT2D eigenvalue weighted by molar-refractivity contribution is 1.07. The summed E-state index contributed by atoms with van der Waals surface area (Å²) >= 11 is 0. The van der Waals surface area contributed by atoms with Gasteiger partial charge in [0.2, 0.25) is 0 Å². The first-order valence-electron chi connectivity index (χ1n) is 19.5. The molecule has 3 heterocycles. The minimum atomic E-state index is 0.642. The van der Waals surface area contributed by atoms with Gasteiger partial charge in [0.15, 0.2) is 17.5 Å². The number of hydrogen-bond donors (Lipinski definition) is 0. The molecule has 0 fully saturated rings. The van der Waals surface area contributed by atoms with Crippen molar-refractivity contribution in [2.75, 3.05) is 4.90 Å². The standard InChI is InChI=1S/C53H35N5/c1-4-15-39(16-5-1)51-54-52(40-17-6-2-7-18-40)56-53(55-51)41-26-24-36(25-27-41)37-28-31-43(32-29-37)58-48-23-13-11-21-44(48)45-34-35-49-46(50(45)58)33-30-38-14-10-12-22-47(38)57(49)42-19-8-3-9-20-42/h1-35H. The average molecular weight is 742 g/mol. The summed E-state index contributed by atoms with van der Waals surface area (Å²) in [6.45, 7) is 0. The minimum absolute atomic E-state index is 0.642. The third-order valence-electron chi connectivity index (χ3n) is 11.0. The lowest BCUT2D eigenvalue weighted by Gasteiger charge is -2.27. The van der Waals surface area contributed by atoms with E-state index in [1.54, 1.807) is 0 Å². The fraction of sp³-hybridized carbons (Fsp3) is 0. The van der Waals surface area contributed by atoms with Gasteiger partial charge < -0.3 is 9.47 Å². The van der Waals surface area contributed by atoms with Crippen LogP contribution in [0.2, 0.25) is 0 Å². The number of hydrogen-bond acceptors (Lipinski definition) is 4. The molecule has 11 rings (SSSR count). The van der Waals surface area contributed by atoms with E-state index < -0.39 is 0 Å². The van der Waals surface area contributed by atoms with E-state index in [1.165, 1.54) is 32.9 Å². The summed E-state index contributed by atoms with van der Waals surface area (Å²) in [5, 5.41) is 2.45. The van der Waals surface area contributed by atoms with Gasteiger partial charge in [-0.05, 0) is 59.2 Å². The summed E-state index contributed by atoms with van der Waals surface area (Å²) in [5.41, 5.74) is 14.3. The minimum Gasteiger partial charge on any atom is -0.309 e. The highest BCUT2D eigenvalue weighted by molar-refractivity contribution is 6.15. The summed E-state index contributed by atoms with van der Waals surface area (Å²) in [5.74, 6) is 1.95. The molecule has 5 nitrogen and oxygen atoms in total. The van der Waals surface area contributed by atoms with Crippen molar-refractivity contribution in [3.63, 3.8) is 0 Å². The van der Waals surface area contributed by atoms with Gasteiger partial charge in [-0.2, -0.15) is 0 Å². The predicted octanol–water partition coefficient (Wildman–Crippen LogP) is 13.6. The van der Waals surface area contributed by atoms with Crippen molar-refractivity contribution in [1.29, 1.82) is 0 Å². The maximum Gasteiger partial charge on any atom is 0.164 e. The van der Waals surface area contributed by atoms with Crippen molar-refractivity contribution >= 4 is 51.0 Å². The molecule has 0 bridgehead atoms. The van der Waals surface area contributed by atoms with Crippen LogP contribution in [0, 0.1) is 0 Å². The third kappa shape index (κ3) is 5.76. The molecule has 1 aliphatic rings. The largest absolute Gasteiger partial charge is 0.309 e. The van der Waals surface area contributed by atoms with Crippen molar-refractivity contribution in [2.45, 2.75) is 0 Å². The predicted molar refractivity (Wildman–Crippen MR) is 240 cm³/mol. The highest BCUT2D eigenvalue weighted by Crippen LogP contribution is 2.46. The van der Waals surface area contributed by atoms with Gasteiger partial charge in [0.1, 0.15) is 0 Å². The zero-order valence-corrected chi connectivity index (χ0v) is 31.4. The van der Waals surface area contributed by atoms with Crippen LogP contribution in [-0.4, -0.2) is 19.5 Å². The molecule has 1 aliphatic heterocycles. The summed E-state index contributed by atoms with van der Waals surface area (Å²) in [6, 6.07) is 70.2. The van der Waals surface area contributed by atoms with Crippen molar-refractivity contribution in [3.05, 3.63) is 211 Å². The molecule has 5 heteroatoms. The Morgan fingerprint density at radius 3 is 1.50 bits per heavy atom. The number of rotatable bonds is 6. The van der Waals surface area contributed by atoms with Gasteiger partial charge in [-0.25, -0.2) is 15.0 Å². The van der Waals surface area contributed by atoms with Gasteiger partial charge in [-0.1, -0.05) is 170 Å². The SMILES string of the molecule is C1=Cc2c(ccc3c4ccccc4n(-c4ccc(-c5ccc(-c6nc(-c7ccccc7)nc(-c7ccccc7)n6)cc5)cc4)c23)N(c2ccccc2)c2ccccc21. The lowest BCUT2D eigenvalue weighted by Crippen LogP contribution is -2.12. The Labute approximate surface area is 336 Å². The number of fused-ring (bicyclic) bond motifs is 6. The number of nitrogens with zero attached hydrogens (tertiary/aromatic N) is 5. The summed E-state index contributed by atoms with van der Waals surface area (Å²) in [6.07, 6.45) is 4.55. The van der Waals surface area contributed by atoms with Crippen LogP contribution in [0.1, 0.15) is 11.1 Å². The maximum absolute atomic E-state index is 4.93. The lowest BCUT2D eigenvalue weighted by atomic mass is 10.0. The van der Waals surface area contributed by atoms with E-state index in [-0.39, 0.29) is 0 Å². The smallest absolute Gasteiger partial charge is 0.164 e. The van der Waals surface area contributed by atoms with Gasteiger partial charge in [0.25, 0.3) is 0 Å². The first kappa shape index (κ1) is 33.4. The molecule has 0 amide bonds. The van der Waals surface area contributed by atoms with E-state index in [2.05, 4.69) is 161 Å². The number of benzene rings is 8. The first-order chi connectivity index (χ1) is 28.8. The van der Waals surface area contributed by atoms with Crippen molar-refractivity contribution in [1.82, 2.24) is 19.5 Å². The fourth-order valence-corrected chi connectivity index (χ4v) is 8.24. The van der Waals surface area contributed by atoms with Crippen LogP contribution < -0.4 is 4.90 Å². The molecular weight excluding hydrogens is 707 g/mol. The molecule has 58 heavy (non-hydrogen) atoms. The topological polar surface area (TPSA) is 46.8 Å². The Hall–Kier alpha value is -7.89. The van der Waals surface area contributed by atoms with Crippen LogP contribution in [0.3, 0.4) is 0 Å². The first-order valence-corrected chi connectivity index (χ1v) is 19.5. The zero-order valence-electron chi connectivity index (χ0n) is 31.4. The van der Waals surface area contributed by atoms with E-state index in [9.17, 15) is 0 Å².